The first-order valence-corrected chi connectivity index (χ1v) is 11.2. The molecular weight excluding hydrogens is 418 g/mol. The predicted molar refractivity (Wildman–Crippen MR) is 128 cm³/mol. The predicted octanol–water partition coefficient (Wildman–Crippen LogP) is 4.30. The van der Waals surface area contributed by atoms with Gasteiger partial charge in [-0.15, -0.1) is 10.2 Å². The van der Waals surface area contributed by atoms with Gasteiger partial charge in [-0.2, -0.15) is 5.10 Å². The van der Waals surface area contributed by atoms with Gasteiger partial charge < -0.3 is 4.57 Å². The molecule has 0 bridgehead atoms. The van der Waals surface area contributed by atoms with Crippen LogP contribution in [0, 0.1) is 6.92 Å². The molecule has 0 saturated heterocycles. The summed E-state index contributed by atoms with van der Waals surface area (Å²) >= 11 is 1.35. The Kier molecular flexibility index (Phi) is 7.09. The fraction of sp³-hybridized carbons (Fsp3) is 0.120. The van der Waals surface area contributed by atoms with Crippen molar-refractivity contribution in [1.29, 1.82) is 0 Å². The number of thioether (sulfide) groups is 1. The van der Waals surface area contributed by atoms with E-state index < -0.39 is 0 Å². The van der Waals surface area contributed by atoms with Gasteiger partial charge in [-0.3, -0.25) is 4.79 Å². The van der Waals surface area contributed by atoms with Gasteiger partial charge in [0.1, 0.15) is 5.82 Å². The van der Waals surface area contributed by atoms with Crippen molar-refractivity contribution in [2.75, 3.05) is 5.75 Å². The molecule has 0 spiro atoms. The normalized spacial score (nSPS) is 10.5. The van der Waals surface area contributed by atoms with E-state index in [-0.39, 0.29) is 11.7 Å². The molecule has 1 amide bonds. The van der Waals surface area contributed by atoms with E-state index in [0.29, 0.717) is 17.4 Å². The maximum Gasteiger partial charge on any atom is 0.250 e. The number of hydrazone groups is 1. The van der Waals surface area contributed by atoms with Gasteiger partial charge in [0, 0.05) is 11.1 Å². The number of hydrogen-bond donors (Lipinski definition) is 1. The van der Waals surface area contributed by atoms with E-state index in [1.165, 1.54) is 11.8 Å². The lowest BCUT2D eigenvalue weighted by Crippen LogP contribution is -2.22. The van der Waals surface area contributed by atoms with Crippen molar-refractivity contribution in [3.63, 3.8) is 0 Å². The number of hydrogen-bond acceptors (Lipinski definition) is 5. The molecule has 3 aromatic carbocycles. The summed E-state index contributed by atoms with van der Waals surface area (Å²) in [6, 6.07) is 29.7. The highest BCUT2D eigenvalue weighted by Crippen LogP contribution is 2.18. The fourth-order valence-corrected chi connectivity index (χ4v) is 3.96. The summed E-state index contributed by atoms with van der Waals surface area (Å²) in [5, 5.41) is 13.5. The highest BCUT2D eigenvalue weighted by atomic mass is 32.2. The third kappa shape index (κ3) is 5.50. The molecule has 1 N–H and O–H groups in total. The first-order chi connectivity index (χ1) is 15.7. The standard InChI is InChI=1S/C25H23N5OS/c1-19-26-29-25(30(19)17-20-11-5-2-6-12-20)32-18-23(31)27-28-24(21-13-7-3-8-14-21)22-15-9-4-10-16-22/h2-16H,17-18H2,1H3,(H,27,31). The van der Waals surface area contributed by atoms with Crippen LogP contribution in [0.15, 0.2) is 101 Å². The van der Waals surface area contributed by atoms with Crippen molar-refractivity contribution < 1.29 is 4.79 Å². The minimum atomic E-state index is -0.203. The maximum absolute atomic E-state index is 12.6. The fourth-order valence-electron chi connectivity index (χ4n) is 3.18. The van der Waals surface area contributed by atoms with E-state index in [1.54, 1.807) is 0 Å². The molecule has 1 heterocycles. The van der Waals surface area contributed by atoms with Crippen LogP contribution in [0.25, 0.3) is 0 Å². The van der Waals surface area contributed by atoms with E-state index in [0.717, 1.165) is 22.5 Å². The molecule has 1 aromatic heterocycles. The zero-order valence-corrected chi connectivity index (χ0v) is 18.5. The van der Waals surface area contributed by atoms with Gasteiger partial charge in [-0.1, -0.05) is 103 Å². The lowest BCUT2D eigenvalue weighted by Gasteiger charge is -2.09. The van der Waals surface area contributed by atoms with Crippen LogP contribution in [0.1, 0.15) is 22.5 Å². The smallest absolute Gasteiger partial charge is 0.250 e. The van der Waals surface area contributed by atoms with Gasteiger partial charge in [0.15, 0.2) is 5.16 Å². The Hall–Kier alpha value is -3.71. The average molecular weight is 442 g/mol. The Morgan fingerprint density at radius 2 is 1.44 bits per heavy atom. The molecule has 4 aromatic rings. The number of benzene rings is 3. The lowest BCUT2D eigenvalue weighted by atomic mass is 10.0. The summed E-state index contributed by atoms with van der Waals surface area (Å²) in [4.78, 5) is 12.6. The van der Waals surface area contributed by atoms with E-state index in [2.05, 4.69) is 32.9 Å². The lowest BCUT2D eigenvalue weighted by molar-refractivity contribution is -0.118. The van der Waals surface area contributed by atoms with Crippen LogP contribution in [0.4, 0.5) is 0 Å². The van der Waals surface area contributed by atoms with E-state index in [9.17, 15) is 4.79 Å². The quantitative estimate of drug-likeness (QED) is 0.251. The van der Waals surface area contributed by atoms with Crippen molar-refractivity contribution in [3.8, 4) is 0 Å². The molecule has 0 aliphatic rings. The Labute approximate surface area is 191 Å². The highest BCUT2D eigenvalue weighted by molar-refractivity contribution is 7.99. The molecule has 0 fully saturated rings. The third-order valence-electron chi connectivity index (χ3n) is 4.80. The Balaban J connectivity index is 1.44. The minimum Gasteiger partial charge on any atom is -0.302 e. The van der Waals surface area contributed by atoms with Gasteiger partial charge in [0.25, 0.3) is 5.91 Å². The van der Waals surface area contributed by atoms with Gasteiger partial charge in [0.05, 0.1) is 18.0 Å². The van der Waals surface area contributed by atoms with Gasteiger partial charge in [-0.05, 0) is 12.5 Å². The van der Waals surface area contributed by atoms with Crippen molar-refractivity contribution >= 4 is 23.4 Å². The molecule has 0 aliphatic heterocycles. The molecular formula is C25H23N5OS. The van der Waals surface area contributed by atoms with Crippen molar-refractivity contribution in [1.82, 2.24) is 20.2 Å². The third-order valence-corrected chi connectivity index (χ3v) is 5.77. The van der Waals surface area contributed by atoms with Gasteiger partial charge in [-0.25, -0.2) is 5.43 Å². The Bertz CT molecular complexity index is 1150. The van der Waals surface area contributed by atoms with Crippen LogP contribution >= 0.6 is 11.8 Å². The van der Waals surface area contributed by atoms with Crippen LogP contribution in [0.3, 0.4) is 0 Å². The van der Waals surface area contributed by atoms with Crippen LogP contribution in [0.2, 0.25) is 0 Å². The summed E-state index contributed by atoms with van der Waals surface area (Å²) in [5.41, 5.74) is 6.44. The summed E-state index contributed by atoms with van der Waals surface area (Å²) in [6.07, 6.45) is 0. The van der Waals surface area contributed by atoms with Crippen LogP contribution in [-0.4, -0.2) is 32.1 Å². The second kappa shape index (κ2) is 10.5. The average Bonchev–Trinajstić information content (AvgIpc) is 3.19. The molecule has 0 saturated carbocycles. The molecule has 0 atom stereocenters. The first-order valence-electron chi connectivity index (χ1n) is 10.2. The molecule has 0 radical (unpaired) electrons. The Morgan fingerprint density at radius 1 is 0.875 bits per heavy atom. The molecule has 4 rings (SSSR count). The van der Waals surface area contributed by atoms with Gasteiger partial charge >= 0.3 is 0 Å². The minimum absolute atomic E-state index is 0.188. The topological polar surface area (TPSA) is 72.2 Å². The summed E-state index contributed by atoms with van der Waals surface area (Å²) in [6.45, 7) is 2.57. The molecule has 6 nitrogen and oxygen atoms in total. The van der Waals surface area contributed by atoms with Crippen LogP contribution in [0.5, 0.6) is 0 Å². The second-order valence-corrected chi connectivity index (χ2v) is 8.06. The number of rotatable bonds is 8. The van der Waals surface area contributed by atoms with E-state index in [4.69, 9.17) is 0 Å². The van der Waals surface area contributed by atoms with Crippen LogP contribution < -0.4 is 5.43 Å². The van der Waals surface area contributed by atoms with Crippen molar-refractivity contribution in [3.05, 3.63) is 114 Å². The monoisotopic (exact) mass is 441 g/mol. The second-order valence-electron chi connectivity index (χ2n) is 7.12. The zero-order valence-electron chi connectivity index (χ0n) is 17.7. The summed E-state index contributed by atoms with van der Waals surface area (Å²) in [5.74, 6) is 0.796. The number of aromatic nitrogens is 3. The molecule has 7 heteroatoms. The van der Waals surface area contributed by atoms with E-state index in [1.807, 2.05) is 90.4 Å². The Morgan fingerprint density at radius 3 is 2.03 bits per heavy atom. The molecule has 0 unspecified atom stereocenters. The number of aryl methyl sites for hydroxylation is 1. The largest absolute Gasteiger partial charge is 0.302 e. The number of nitrogens with one attached hydrogen (secondary N) is 1. The number of nitrogens with zero attached hydrogens (tertiary/aromatic N) is 4. The summed E-state index contributed by atoms with van der Waals surface area (Å²) < 4.78 is 2.01. The highest BCUT2D eigenvalue weighted by Gasteiger charge is 2.13. The van der Waals surface area contributed by atoms with Crippen molar-refractivity contribution in [2.45, 2.75) is 18.6 Å². The number of amides is 1. The number of carbonyl (C=O) groups excluding carboxylic acids is 1. The van der Waals surface area contributed by atoms with Crippen LogP contribution in [-0.2, 0) is 11.3 Å². The van der Waals surface area contributed by atoms with E-state index >= 15 is 0 Å². The number of carbonyl (C=O) groups is 1. The molecule has 32 heavy (non-hydrogen) atoms. The molecule has 0 aliphatic carbocycles. The SMILES string of the molecule is Cc1nnc(SCC(=O)NN=C(c2ccccc2)c2ccccc2)n1Cc1ccccc1. The first kappa shape index (κ1) is 21.5. The molecule has 160 valence electrons. The summed E-state index contributed by atoms with van der Waals surface area (Å²) in [7, 11) is 0. The maximum atomic E-state index is 12.6. The zero-order chi connectivity index (χ0) is 22.2. The van der Waals surface area contributed by atoms with Gasteiger partial charge in [0.2, 0.25) is 0 Å². The van der Waals surface area contributed by atoms with Crippen molar-refractivity contribution in [2.24, 2.45) is 5.10 Å².